The Bertz CT molecular complexity index is 1910. The van der Waals surface area contributed by atoms with E-state index < -0.39 is 23.5 Å². The fourth-order valence-electron chi connectivity index (χ4n) is 4.54. The van der Waals surface area contributed by atoms with E-state index >= 15 is 0 Å². The van der Waals surface area contributed by atoms with Crippen molar-refractivity contribution in [1.29, 1.82) is 0 Å². The molecule has 2 aromatic heterocycles. The molecule has 6 rings (SSSR count). The maximum absolute atomic E-state index is 12.9. The average molecular weight is 657 g/mol. The Morgan fingerprint density at radius 1 is 0.458 bits per heavy atom. The minimum Gasteiger partial charge on any atom is -0.324 e. The molecule has 2 N–H and O–H groups in total. The van der Waals surface area contributed by atoms with Crippen LogP contribution in [0.15, 0.2) is 132 Å². The van der Waals surface area contributed by atoms with Gasteiger partial charge in [0, 0.05) is 34.9 Å². The molecule has 0 radical (unpaired) electrons. The van der Waals surface area contributed by atoms with Gasteiger partial charge in [0.05, 0.1) is 33.9 Å². The van der Waals surface area contributed by atoms with Crippen molar-refractivity contribution in [3.05, 3.63) is 133 Å². The second-order valence-electron chi connectivity index (χ2n) is 10.2. The Kier molecular flexibility index (Phi) is 8.79. The summed E-state index contributed by atoms with van der Waals surface area (Å²) in [5, 5.41) is 14.8. The van der Waals surface area contributed by atoms with E-state index in [0.717, 1.165) is 24.3 Å². The summed E-state index contributed by atoms with van der Waals surface area (Å²) < 4.78 is 77.6. The topological polar surface area (TPSA) is 100 Å². The number of nitrogens with one attached hydrogen (secondary N) is 2. The average Bonchev–Trinajstić information content (AvgIpc) is 3.07. The summed E-state index contributed by atoms with van der Waals surface area (Å²) >= 11 is 0. The number of alkyl halides is 6. The first kappa shape index (κ1) is 31.8. The number of nitrogens with zero attached hydrogens (tertiary/aromatic N) is 6. The molecule has 0 saturated heterocycles. The zero-order chi connectivity index (χ0) is 33.7. The first-order valence-electron chi connectivity index (χ1n) is 14.2. The Morgan fingerprint density at radius 2 is 0.833 bits per heavy atom. The van der Waals surface area contributed by atoms with Gasteiger partial charge in [0.2, 0.25) is 11.9 Å². The molecule has 4 aromatic carbocycles. The third kappa shape index (κ3) is 7.61. The summed E-state index contributed by atoms with van der Waals surface area (Å²) in [4.78, 5) is 17.4. The fourth-order valence-corrected chi connectivity index (χ4v) is 4.54. The molecule has 2 heterocycles. The number of hydrogen-bond donors (Lipinski definition) is 2. The summed E-state index contributed by atoms with van der Waals surface area (Å²) in [5.74, 6) is 0.350. The zero-order valence-electron chi connectivity index (χ0n) is 24.5. The lowest BCUT2D eigenvalue weighted by molar-refractivity contribution is -0.138. The molecule has 8 nitrogen and oxygen atoms in total. The monoisotopic (exact) mass is 656 g/mol. The van der Waals surface area contributed by atoms with Crippen LogP contribution in [0.4, 0.5) is 61.0 Å². The van der Waals surface area contributed by atoms with Gasteiger partial charge < -0.3 is 10.6 Å². The lowest BCUT2D eigenvalue weighted by Gasteiger charge is -2.10. The van der Waals surface area contributed by atoms with Crippen LogP contribution in [0.2, 0.25) is 0 Å². The fraction of sp³-hybridized carbons (Fsp3) is 0.0588. The molecule has 0 amide bonds. The molecule has 14 heteroatoms. The van der Waals surface area contributed by atoms with Crippen molar-refractivity contribution < 1.29 is 26.3 Å². The van der Waals surface area contributed by atoms with Gasteiger partial charge in [-0.05, 0) is 72.8 Å². The highest BCUT2D eigenvalue weighted by molar-refractivity contribution is 5.76. The lowest BCUT2D eigenvalue weighted by Crippen LogP contribution is -2.05. The Morgan fingerprint density at radius 3 is 1.21 bits per heavy atom. The van der Waals surface area contributed by atoms with Crippen molar-refractivity contribution in [2.24, 2.45) is 10.2 Å². The second kappa shape index (κ2) is 13.3. The van der Waals surface area contributed by atoms with Gasteiger partial charge in [-0.1, -0.05) is 36.4 Å². The second-order valence-corrected chi connectivity index (χ2v) is 10.2. The summed E-state index contributed by atoms with van der Waals surface area (Å²) in [6.45, 7) is 0. The maximum Gasteiger partial charge on any atom is 0.416 e. The Labute approximate surface area is 269 Å². The highest BCUT2D eigenvalue weighted by Crippen LogP contribution is 2.35. The van der Waals surface area contributed by atoms with Gasteiger partial charge in [-0.2, -0.15) is 26.3 Å². The van der Waals surface area contributed by atoms with Crippen LogP contribution >= 0.6 is 0 Å². The van der Waals surface area contributed by atoms with E-state index in [1.54, 1.807) is 60.7 Å². The number of rotatable bonds is 8. The predicted octanol–water partition coefficient (Wildman–Crippen LogP) is 10.5. The molecule has 240 valence electrons. The van der Waals surface area contributed by atoms with Crippen LogP contribution in [0.25, 0.3) is 22.5 Å². The standard InChI is InChI=1S/C34H22F6N8/c35-33(36,37)21-9-13-23(14-10-21)43-31-41-19-17-27(45-31)25-5-1-3-7-29(25)47-48-30-8-4-2-6-26(30)28-18-20-42-32(46-28)44-24-15-11-22(12-16-24)34(38,39)40/h1-20H,(H,41,43,45)(H,42,44,46)/b48-47+. The molecule has 0 aliphatic rings. The van der Waals surface area contributed by atoms with Crippen LogP contribution in [0.1, 0.15) is 11.1 Å². The molecule has 0 fully saturated rings. The molecule has 48 heavy (non-hydrogen) atoms. The smallest absolute Gasteiger partial charge is 0.324 e. The van der Waals surface area contributed by atoms with Crippen molar-refractivity contribution in [2.45, 2.75) is 12.4 Å². The molecule has 0 bridgehead atoms. The lowest BCUT2D eigenvalue weighted by atomic mass is 10.1. The third-order valence-corrected chi connectivity index (χ3v) is 6.87. The van der Waals surface area contributed by atoms with E-state index in [1.807, 2.05) is 0 Å². The molecule has 0 aliphatic heterocycles. The minimum atomic E-state index is -4.44. The molecule has 0 aliphatic carbocycles. The maximum atomic E-state index is 12.9. The van der Waals surface area contributed by atoms with Gasteiger partial charge in [-0.15, -0.1) is 10.2 Å². The van der Waals surface area contributed by atoms with Gasteiger partial charge in [0.25, 0.3) is 0 Å². The van der Waals surface area contributed by atoms with Gasteiger partial charge in [0.1, 0.15) is 0 Å². The molecule has 0 unspecified atom stereocenters. The highest BCUT2D eigenvalue weighted by atomic mass is 19.4. The van der Waals surface area contributed by atoms with Gasteiger partial charge >= 0.3 is 12.4 Å². The molecule has 0 atom stereocenters. The van der Waals surface area contributed by atoms with Gasteiger partial charge in [-0.25, -0.2) is 19.9 Å². The van der Waals surface area contributed by atoms with Gasteiger partial charge in [0.15, 0.2) is 0 Å². The summed E-state index contributed by atoms with van der Waals surface area (Å²) in [5.41, 5.74) is 2.45. The van der Waals surface area contributed by atoms with E-state index in [4.69, 9.17) is 0 Å². The van der Waals surface area contributed by atoms with Crippen LogP contribution in [0.5, 0.6) is 0 Å². The van der Waals surface area contributed by atoms with Gasteiger partial charge in [-0.3, -0.25) is 0 Å². The van der Waals surface area contributed by atoms with Crippen LogP contribution in [-0.2, 0) is 12.4 Å². The van der Waals surface area contributed by atoms with Crippen molar-refractivity contribution in [1.82, 2.24) is 19.9 Å². The third-order valence-electron chi connectivity index (χ3n) is 6.87. The number of benzene rings is 4. The SMILES string of the molecule is FC(F)(F)c1ccc(Nc2nccc(-c3ccccc3/N=N/c3ccccc3-c3ccnc(Nc4ccc(C(F)(F)F)cc4)n3)n2)cc1. The van der Waals surface area contributed by atoms with Crippen LogP contribution < -0.4 is 10.6 Å². The first-order valence-corrected chi connectivity index (χ1v) is 14.2. The largest absolute Gasteiger partial charge is 0.416 e. The van der Waals surface area contributed by atoms with Crippen molar-refractivity contribution in [3.63, 3.8) is 0 Å². The number of hydrogen-bond acceptors (Lipinski definition) is 8. The molecule has 6 aromatic rings. The van der Waals surface area contributed by atoms with E-state index in [2.05, 4.69) is 40.8 Å². The van der Waals surface area contributed by atoms with Crippen molar-refractivity contribution in [2.75, 3.05) is 10.6 Å². The van der Waals surface area contributed by atoms with E-state index in [1.165, 1.54) is 36.7 Å². The van der Waals surface area contributed by atoms with Crippen LogP contribution in [0.3, 0.4) is 0 Å². The summed E-state index contributed by atoms with van der Waals surface area (Å²) in [6.07, 6.45) is -5.85. The highest BCUT2D eigenvalue weighted by Gasteiger charge is 2.30. The normalized spacial score (nSPS) is 11.9. The first-order chi connectivity index (χ1) is 23.0. The Hall–Kier alpha value is -6.18. The minimum absolute atomic E-state index is 0.175. The predicted molar refractivity (Wildman–Crippen MR) is 169 cm³/mol. The summed E-state index contributed by atoms with van der Waals surface area (Å²) in [6, 6.07) is 26.7. The quantitative estimate of drug-likeness (QED) is 0.125. The summed E-state index contributed by atoms with van der Waals surface area (Å²) in [7, 11) is 0. The van der Waals surface area contributed by atoms with Crippen molar-refractivity contribution >= 4 is 34.6 Å². The Balaban J connectivity index is 1.23. The van der Waals surface area contributed by atoms with Crippen molar-refractivity contribution in [3.8, 4) is 22.5 Å². The van der Waals surface area contributed by atoms with E-state index in [-0.39, 0.29) is 11.9 Å². The number of azo groups is 1. The molecular weight excluding hydrogens is 634 g/mol. The number of halogens is 6. The zero-order valence-corrected chi connectivity index (χ0v) is 24.5. The molecular formula is C34H22F6N8. The number of anilines is 4. The van der Waals surface area contributed by atoms with E-state index in [0.29, 0.717) is 45.3 Å². The van der Waals surface area contributed by atoms with E-state index in [9.17, 15) is 26.3 Å². The van der Waals surface area contributed by atoms with Crippen LogP contribution in [-0.4, -0.2) is 19.9 Å². The molecule has 0 saturated carbocycles. The molecule has 0 spiro atoms. The number of aromatic nitrogens is 4. The van der Waals surface area contributed by atoms with Crippen LogP contribution in [0, 0.1) is 0 Å².